The Morgan fingerprint density at radius 2 is 2.08 bits per heavy atom. The maximum Gasteiger partial charge on any atom is 0.243 e. The van der Waals surface area contributed by atoms with Gasteiger partial charge in [0, 0.05) is 5.56 Å². The molecule has 1 aromatic carbocycles. The maximum absolute atomic E-state index is 12.0. The summed E-state index contributed by atoms with van der Waals surface area (Å²) in [7, 11) is -3.21. The van der Waals surface area contributed by atoms with Gasteiger partial charge in [-0.05, 0) is 17.3 Å². The van der Waals surface area contributed by atoms with Gasteiger partial charge < -0.3 is 5.32 Å². The third-order valence-electron chi connectivity index (χ3n) is 3.48. The van der Waals surface area contributed by atoms with Gasteiger partial charge in [0.05, 0.1) is 27.9 Å². The molecule has 3 rings (SSSR count). The number of carbonyl (C=O) groups is 1. The summed E-state index contributed by atoms with van der Waals surface area (Å²) in [5.74, 6) is -0.446. The van der Waals surface area contributed by atoms with Crippen LogP contribution in [0.2, 0.25) is 5.02 Å². The Morgan fingerprint density at radius 1 is 1.33 bits per heavy atom. The van der Waals surface area contributed by atoms with Crippen LogP contribution < -0.4 is 5.32 Å². The zero-order valence-corrected chi connectivity index (χ0v) is 14.6. The van der Waals surface area contributed by atoms with Crippen molar-refractivity contribution in [3.05, 3.63) is 29.3 Å². The van der Waals surface area contributed by atoms with E-state index in [0.717, 1.165) is 4.80 Å². The minimum absolute atomic E-state index is 0.141. The summed E-state index contributed by atoms with van der Waals surface area (Å²) in [4.78, 5) is 13.1. The molecule has 2 heterocycles. The van der Waals surface area contributed by atoms with Crippen LogP contribution in [0.1, 0.15) is 0 Å². The van der Waals surface area contributed by atoms with E-state index in [1.165, 1.54) is 0 Å². The van der Waals surface area contributed by atoms with Crippen LogP contribution in [0.4, 0.5) is 0 Å². The summed E-state index contributed by atoms with van der Waals surface area (Å²) in [6.45, 7) is -0.197. The highest BCUT2D eigenvalue weighted by molar-refractivity contribution is 7.91. The van der Waals surface area contributed by atoms with Crippen LogP contribution in [0.25, 0.3) is 11.4 Å². The van der Waals surface area contributed by atoms with E-state index in [1.54, 1.807) is 24.3 Å². The lowest BCUT2D eigenvalue weighted by atomic mass is 10.2. The molecule has 0 unspecified atom stereocenters. The van der Waals surface area contributed by atoms with Crippen LogP contribution in [0.5, 0.6) is 0 Å². The van der Waals surface area contributed by atoms with E-state index >= 15 is 0 Å². The molecule has 1 aromatic heterocycles. The van der Waals surface area contributed by atoms with Gasteiger partial charge in [0.15, 0.2) is 9.84 Å². The first-order valence-electron chi connectivity index (χ1n) is 7.00. The molecule has 1 fully saturated rings. The molecule has 11 heteroatoms. The fourth-order valence-corrected chi connectivity index (χ4v) is 5.15. The highest BCUT2D eigenvalue weighted by atomic mass is 35.5. The van der Waals surface area contributed by atoms with E-state index in [-0.39, 0.29) is 18.1 Å². The summed E-state index contributed by atoms with van der Waals surface area (Å²) in [6, 6.07) is 6.39. The normalized spacial score (nSPS) is 22.4. The number of alkyl halides is 1. The van der Waals surface area contributed by atoms with Crippen molar-refractivity contribution < 1.29 is 13.2 Å². The highest BCUT2D eigenvalue weighted by Crippen LogP contribution is 2.23. The molecule has 2 aromatic rings. The van der Waals surface area contributed by atoms with Gasteiger partial charge in [-0.1, -0.05) is 23.7 Å². The second-order valence-corrected chi connectivity index (χ2v) is 8.51. The number of benzene rings is 1. The molecule has 0 spiro atoms. The summed E-state index contributed by atoms with van der Waals surface area (Å²) < 4.78 is 23.0. The van der Waals surface area contributed by atoms with Crippen molar-refractivity contribution in [3.8, 4) is 11.4 Å². The SMILES string of the molecule is O=C(Cn1nnc(-c2ccccc2Cl)n1)N[C@@H]1CS(=O)(=O)C[C@H]1Cl. The molecule has 128 valence electrons. The number of tetrazole rings is 1. The van der Waals surface area contributed by atoms with Gasteiger partial charge in [-0.15, -0.1) is 21.8 Å². The van der Waals surface area contributed by atoms with Crippen molar-refractivity contribution in [2.45, 2.75) is 18.0 Å². The second-order valence-electron chi connectivity index (χ2n) is 5.39. The standard InChI is InChI=1S/C13H13Cl2N5O3S/c14-9-4-2-1-3-8(9)13-17-19-20(18-13)5-12(21)16-11-7-24(22,23)6-10(11)15/h1-4,10-11H,5-7H2,(H,16,21)/t10-,11-/m1/s1. The average molecular weight is 390 g/mol. The van der Waals surface area contributed by atoms with Crippen molar-refractivity contribution in [1.29, 1.82) is 0 Å². The lowest BCUT2D eigenvalue weighted by molar-refractivity contribution is -0.122. The largest absolute Gasteiger partial charge is 0.349 e. The predicted octanol–water partition coefficient (Wildman–Crippen LogP) is 0.514. The van der Waals surface area contributed by atoms with Gasteiger partial charge in [-0.25, -0.2) is 8.42 Å². The smallest absolute Gasteiger partial charge is 0.243 e. The molecule has 1 aliphatic heterocycles. The summed E-state index contributed by atoms with van der Waals surface area (Å²) in [5.41, 5.74) is 0.605. The third-order valence-corrected chi connectivity index (χ3v) is 6.19. The number of sulfone groups is 1. The lowest BCUT2D eigenvalue weighted by Crippen LogP contribution is -2.42. The number of aromatic nitrogens is 4. The topological polar surface area (TPSA) is 107 Å². The molecule has 24 heavy (non-hydrogen) atoms. The summed E-state index contributed by atoms with van der Waals surface area (Å²) in [6.07, 6.45) is 0. The zero-order chi connectivity index (χ0) is 17.3. The molecule has 1 saturated heterocycles. The molecule has 1 amide bonds. The molecule has 0 saturated carbocycles. The first-order valence-corrected chi connectivity index (χ1v) is 9.64. The van der Waals surface area contributed by atoms with E-state index < -0.39 is 27.2 Å². The van der Waals surface area contributed by atoms with Gasteiger partial charge in [-0.2, -0.15) is 4.80 Å². The fourth-order valence-electron chi connectivity index (χ4n) is 2.38. The Morgan fingerprint density at radius 3 is 2.75 bits per heavy atom. The van der Waals surface area contributed by atoms with E-state index in [2.05, 4.69) is 20.7 Å². The van der Waals surface area contributed by atoms with Crippen molar-refractivity contribution in [3.63, 3.8) is 0 Å². The molecular weight excluding hydrogens is 377 g/mol. The Labute approximate surface area is 148 Å². The van der Waals surface area contributed by atoms with Crippen LogP contribution in [-0.2, 0) is 21.2 Å². The zero-order valence-electron chi connectivity index (χ0n) is 12.3. The van der Waals surface area contributed by atoms with E-state index in [0.29, 0.717) is 16.4 Å². The third kappa shape index (κ3) is 3.85. The number of halogens is 2. The fraction of sp³-hybridized carbons (Fsp3) is 0.385. The Kier molecular flexibility index (Phi) is 4.75. The van der Waals surface area contributed by atoms with Crippen LogP contribution in [-0.4, -0.2) is 57.5 Å². The Balaban J connectivity index is 1.65. The minimum Gasteiger partial charge on any atom is -0.349 e. The maximum atomic E-state index is 12.0. The second kappa shape index (κ2) is 6.66. The van der Waals surface area contributed by atoms with E-state index in [1.807, 2.05) is 0 Å². The van der Waals surface area contributed by atoms with Crippen LogP contribution in [0.15, 0.2) is 24.3 Å². The van der Waals surface area contributed by atoms with E-state index in [4.69, 9.17) is 23.2 Å². The molecule has 8 nitrogen and oxygen atoms in total. The first kappa shape index (κ1) is 17.1. The number of amides is 1. The summed E-state index contributed by atoms with van der Waals surface area (Å²) >= 11 is 12.0. The number of nitrogens with one attached hydrogen (secondary N) is 1. The number of nitrogens with zero attached hydrogens (tertiary/aromatic N) is 4. The first-order chi connectivity index (χ1) is 11.3. The molecule has 1 aliphatic rings. The molecule has 1 N–H and O–H groups in total. The molecular formula is C13H13Cl2N5O3S. The van der Waals surface area contributed by atoms with Crippen molar-refractivity contribution >= 4 is 38.9 Å². The minimum atomic E-state index is -3.21. The average Bonchev–Trinajstić information content (AvgIpc) is 3.03. The van der Waals surface area contributed by atoms with Crippen LogP contribution in [0, 0.1) is 0 Å². The van der Waals surface area contributed by atoms with Gasteiger partial charge in [-0.3, -0.25) is 4.79 Å². The monoisotopic (exact) mass is 389 g/mol. The van der Waals surface area contributed by atoms with Crippen molar-refractivity contribution in [2.24, 2.45) is 0 Å². The van der Waals surface area contributed by atoms with Crippen molar-refractivity contribution in [1.82, 2.24) is 25.5 Å². The number of carbonyl (C=O) groups excluding carboxylic acids is 1. The Hall–Kier alpha value is -1.71. The van der Waals surface area contributed by atoms with E-state index in [9.17, 15) is 13.2 Å². The lowest BCUT2D eigenvalue weighted by Gasteiger charge is -2.13. The number of rotatable bonds is 4. The molecule has 0 radical (unpaired) electrons. The molecule has 2 atom stereocenters. The molecule has 0 aliphatic carbocycles. The van der Waals surface area contributed by atoms with Gasteiger partial charge in [0.1, 0.15) is 6.54 Å². The quantitative estimate of drug-likeness (QED) is 0.763. The number of hydrogen-bond donors (Lipinski definition) is 1. The van der Waals surface area contributed by atoms with Gasteiger partial charge in [0.2, 0.25) is 11.7 Å². The van der Waals surface area contributed by atoms with Gasteiger partial charge in [0.25, 0.3) is 0 Å². The predicted molar refractivity (Wildman–Crippen MR) is 88.5 cm³/mol. The summed E-state index contributed by atoms with van der Waals surface area (Å²) in [5, 5.41) is 14.2. The highest BCUT2D eigenvalue weighted by Gasteiger charge is 2.37. The molecule has 0 bridgehead atoms. The van der Waals surface area contributed by atoms with Gasteiger partial charge >= 0.3 is 0 Å². The Bertz CT molecular complexity index is 870. The van der Waals surface area contributed by atoms with Crippen LogP contribution >= 0.6 is 23.2 Å². The van der Waals surface area contributed by atoms with Crippen molar-refractivity contribution in [2.75, 3.05) is 11.5 Å². The van der Waals surface area contributed by atoms with Crippen LogP contribution in [0.3, 0.4) is 0 Å². The number of hydrogen-bond acceptors (Lipinski definition) is 6.